The predicted octanol–water partition coefficient (Wildman–Crippen LogP) is 7.91. The molecule has 28 nitrogen and oxygen atoms in total. The normalized spacial score (nSPS) is 20.6. The molecule has 13 N–H and O–H groups in total. The number of aliphatic carboxylic acids is 2. The molecule has 1 saturated heterocycles. The van der Waals surface area contributed by atoms with Crippen LogP contribution in [0.2, 0.25) is 0 Å². The number of hydrogen-bond donors (Lipinski definition) is 12. The van der Waals surface area contributed by atoms with Crippen molar-refractivity contribution >= 4 is 63.1 Å². The summed E-state index contributed by atoms with van der Waals surface area (Å²) in [5, 5.41) is 51.8. The molecule has 1 aliphatic heterocycles. The summed E-state index contributed by atoms with van der Waals surface area (Å²) in [4.78, 5) is 122. The van der Waals surface area contributed by atoms with Gasteiger partial charge in [-0.3, -0.25) is 33.0 Å². The van der Waals surface area contributed by atoms with Gasteiger partial charge in [-0.05, 0) is 192 Å². The summed E-state index contributed by atoms with van der Waals surface area (Å²) in [6.07, 6.45) is 15.6. The maximum Gasteiger partial charge on any atom is 0.483 e. The summed E-state index contributed by atoms with van der Waals surface area (Å²) in [5.74, 6) is -8.77. The van der Waals surface area contributed by atoms with E-state index in [1.807, 2.05) is 0 Å². The van der Waals surface area contributed by atoms with Crippen LogP contribution in [-0.4, -0.2) is 164 Å². The molecule has 0 aromatic heterocycles. The van der Waals surface area contributed by atoms with E-state index in [2.05, 4.69) is 116 Å². The number of nitrogens with two attached hydrogens (primary N) is 1. The molecule has 0 radical (unpaired) electrons. The number of nitrogens with one attached hydrogen (secondary N) is 5. The number of aliphatic hydroxyl groups is 2. The number of carbonyl (C=O) groups excluding carboxylic acids is 6. The van der Waals surface area contributed by atoms with E-state index in [4.69, 9.17) is 34.1 Å². The van der Waals surface area contributed by atoms with Gasteiger partial charge in [-0.1, -0.05) is 81.5 Å². The van der Waals surface area contributed by atoms with Gasteiger partial charge in [0.2, 0.25) is 29.5 Å². The lowest BCUT2D eigenvalue weighted by Gasteiger charge is -2.44. The Morgan fingerprint density at radius 3 is 1.49 bits per heavy atom. The summed E-state index contributed by atoms with van der Waals surface area (Å²) in [7, 11) is -11.1. The minimum atomic E-state index is -5.73. The Morgan fingerprint density at radius 2 is 1.04 bits per heavy atom. The number of aliphatic hydroxyl groups excluding tert-OH is 2. The molecule has 2 unspecified atom stereocenters. The molecule has 1 fully saturated rings. The van der Waals surface area contributed by atoms with E-state index in [0.717, 1.165) is 97.5 Å². The van der Waals surface area contributed by atoms with Crippen LogP contribution in [0.3, 0.4) is 0 Å². The zero-order valence-corrected chi connectivity index (χ0v) is 60.0. The Hall–Kier alpha value is -6.00. The zero-order valence-electron chi connectivity index (χ0n) is 58.2. The van der Waals surface area contributed by atoms with Crippen LogP contribution in [0, 0.1) is 0 Å². The molecular formula is C66H110N6O22P2. The average Bonchev–Trinajstić information content (AvgIpc) is 0.787. The molecule has 96 heavy (non-hydrogen) atoms. The van der Waals surface area contributed by atoms with Gasteiger partial charge in [0.15, 0.2) is 12.4 Å². The van der Waals surface area contributed by atoms with Crippen molar-refractivity contribution in [1.82, 2.24) is 26.6 Å². The van der Waals surface area contributed by atoms with E-state index in [1.54, 1.807) is 6.92 Å². The summed E-state index contributed by atoms with van der Waals surface area (Å²) in [5.41, 5.74) is 14.5. The highest BCUT2D eigenvalue weighted by molar-refractivity contribution is 7.61. The maximum atomic E-state index is 13.5. The minimum Gasteiger partial charge on any atom is -0.480 e. The molecule has 0 spiro atoms. The van der Waals surface area contributed by atoms with Gasteiger partial charge < -0.3 is 76.7 Å². The van der Waals surface area contributed by atoms with Crippen molar-refractivity contribution in [1.29, 1.82) is 0 Å². The molecule has 0 aliphatic carbocycles. The Kier molecular flexibility index (Phi) is 42.5. The molecule has 546 valence electrons. The van der Waals surface area contributed by atoms with E-state index in [1.165, 1.54) is 46.4 Å². The zero-order chi connectivity index (χ0) is 72.9. The Morgan fingerprint density at radius 1 is 0.562 bits per heavy atom. The van der Waals surface area contributed by atoms with Crippen LogP contribution < -0.4 is 32.3 Å². The topological polar surface area (TPSA) is 434 Å². The van der Waals surface area contributed by atoms with Crippen LogP contribution in [0.25, 0.3) is 0 Å². The Bertz CT molecular complexity index is 2870. The number of phosphoric acid groups is 2. The van der Waals surface area contributed by atoms with Gasteiger partial charge in [0.05, 0.1) is 13.2 Å². The monoisotopic (exact) mass is 1400 g/mol. The van der Waals surface area contributed by atoms with Gasteiger partial charge in [-0.15, -0.1) is 0 Å². The molecular weight excluding hydrogens is 1290 g/mol. The SMILES string of the molecule is CC(=O)N[C@H]1[C@@H](OP(=O)(O)OP(=O)(O)OC/C=C(/C)CC/C=C(/C)CC/C=C(/C)CC/C=C(/C)CC/C=C(\C)CC/C=C(\C)CCC=C(C)C)O[C@H](CO)[C@@H](O)[C@@H]1O[C@H](C)C(=O)N[C@@H](C)C(=O)N[C@H](CCC(=O)N[C@@H](CCCCN)C(=O)N[C@H](C)C(=O)O[C@H](C)C(=O)O)C(=O)O. The molecule has 1 heterocycles. The number of phosphoric ester groups is 2. The highest BCUT2D eigenvalue weighted by Crippen LogP contribution is 2.61. The average molecular weight is 1400 g/mol. The molecule has 30 heteroatoms. The highest BCUT2D eigenvalue weighted by atomic mass is 31.3. The first-order valence-electron chi connectivity index (χ1n) is 32.6. The van der Waals surface area contributed by atoms with Crippen LogP contribution in [-0.2, 0) is 75.1 Å². The van der Waals surface area contributed by atoms with E-state index in [9.17, 15) is 72.6 Å². The number of ether oxygens (including phenoxy) is 3. The van der Waals surface area contributed by atoms with Crippen molar-refractivity contribution in [3.05, 3.63) is 81.5 Å². The van der Waals surface area contributed by atoms with Crippen LogP contribution >= 0.6 is 15.6 Å². The molecule has 13 atom stereocenters. The summed E-state index contributed by atoms with van der Waals surface area (Å²) in [6.45, 7) is 21.2. The van der Waals surface area contributed by atoms with Crippen molar-refractivity contribution in [2.24, 2.45) is 5.73 Å². The third-order valence-electron chi connectivity index (χ3n) is 15.3. The van der Waals surface area contributed by atoms with Crippen molar-refractivity contribution in [3.8, 4) is 0 Å². The Balaban J connectivity index is 2.86. The van der Waals surface area contributed by atoms with Gasteiger partial charge in [0.25, 0.3) is 0 Å². The van der Waals surface area contributed by atoms with Crippen LogP contribution in [0.1, 0.15) is 199 Å². The van der Waals surface area contributed by atoms with E-state index >= 15 is 0 Å². The molecule has 0 bridgehead atoms. The van der Waals surface area contributed by atoms with Gasteiger partial charge in [0, 0.05) is 13.3 Å². The first kappa shape index (κ1) is 88.0. The number of carboxylic acid groups (broad SMARTS) is 2. The van der Waals surface area contributed by atoms with Crippen LogP contribution in [0.5, 0.6) is 0 Å². The number of carbonyl (C=O) groups is 8. The second-order valence-corrected chi connectivity index (χ2v) is 27.6. The number of allylic oxidation sites excluding steroid dienone is 13. The summed E-state index contributed by atoms with van der Waals surface area (Å²) < 4.78 is 56.9. The number of carboxylic acids is 2. The van der Waals surface area contributed by atoms with Crippen molar-refractivity contribution in [3.63, 3.8) is 0 Å². The quantitative estimate of drug-likeness (QED) is 0.0119. The number of rotatable bonds is 47. The number of hydrogen-bond acceptors (Lipinski definition) is 19. The third-order valence-corrected chi connectivity index (χ3v) is 17.9. The fourth-order valence-electron chi connectivity index (χ4n) is 9.47. The van der Waals surface area contributed by atoms with Crippen LogP contribution in [0.4, 0.5) is 0 Å². The van der Waals surface area contributed by atoms with Crippen molar-refractivity contribution in [2.75, 3.05) is 19.8 Å². The fourth-order valence-corrected chi connectivity index (χ4v) is 11.6. The van der Waals surface area contributed by atoms with Gasteiger partial charge in [0.1, 0.15) is 54.6 Å². The number of esters is 1. The lowest BCUT2D eigenvalue weighted by Crippen LogP contribution is -2.66. The summed E-state index contributed by atoms with van der Waals surface area (Å²) in [6, 6.07) is -7.64. The van der Waals surface area contributed by atoms with Crippen molar-refractivity contribution in [2.45, 2.75) is 266 Å². The first-order chi connectivity index (χ1) is 44.9. The minimum absolute atomic E-state index is 0.0371. The van der Waals surface area contributed by atoms with E-state index in [0.29, 0.717) is 25.7 Å². The van der Waals surface area contributed by atoms with E-state index < -0.39 is 156 Å². The lowest BCUT2D eigenvalue weighted by molar-refractivity contribution is -0.261. The first-order valence-corrected chi connectivity index (χ1v) is 35.6. The molecule has 0 aromatic carbocycles. The lowest BCUT2D eigenvalue weighted by atomic mass is 9.96. The predicted molar refractivity (Wildman–Crippen MR) is 361 cm³/mol. The van der Waals surface area contributed by atoms with Crippen LogP contribution in [0.15, 0.2) is 81.5 Å². The van der Waals surface area contributed by atoms with Crippen molar-refractivity contribution < 1.29 is 105 Å². The molecule has 1 aliphatic rings. The summed E-state index contributed by atoms with van der Waals surface area (Å²) >= 11 is 0. The Labute approximate surface area is 566 Å². The van der Waals surface area contributed by atoms with Gasteiger partial charge in [-0.25, -0.2) is 23.5 Å². The molecule has 5 amide bonds. The standard InChI is InChI=1S/C66H110N6O22P2/c1-41(2)22-16-23-42(3)24-17-25-43(4)26-18-27-44(5)28-19-29-45(6)30-20-31-46(7)32-21-33-47(8)37-39-89-95(85,86)94-96(87,88)93-66-57(70-52(13)74)59(58(76)55(40-73)92-66)90-50(11)61(78)68-48(9)60(77)72-54(64(82)83)35-36-56(75)71-53(34-14-15-38-67)62(79)69-49(10)65(84)91-51(12)63(80)81/h22,24,26,28,30,32,37,48-51,53-55,57-59,66,73,76H,14-21,23,25,27,29,31,33-36,38-40,67H2,1-13H3,(H,68,78)(H,69,79)(H,70,74)(H,71,75)(H,72,77)(H,80,81)(H,82,83)(H,85,86)(H,87,88)/b42-24+,43-26+,44-28-,45-30-,46-32-,47-37-/t48-,49+,50+,51+,53-,54+,55+,57+,58+,59+,66+/m0/s1. The highest BCUT2D eigenvalue weighted by Gasteiger charge is 2.51. The molecule has 0 saturated carbocycles. The van der Waals surface area contributed by atoms with Gasteiger partial charge >= 0.3 is 33.6 Å². The third kappa shape index (κ3) is 38.2. The second-order valence-electron chi connectivity index (χ2n) is 24.6. The maximum absolute atomic E-state index is 13.5. The van der Waals surface area contributed by atoms with Gasteiger partial charge in [-0.2, -0.15) is 4.31 Å². The molecule has 1 rings (SSSR count). The smallest absolute Gasteiger partial charge is 0.480 e. The fraction of sp³-hybridized carbons (Fsp3) is 0.667. The molecule has 0 aromatic rings. The number of unbranched alkanes of at least 4 members (excludes halogenated alkanes) is 1. The van der Waals surface area contributed by atoms with E-state index in [-0.39, 0.29) is 13.0 Å². The number of amides is 5. The second kappa shape index (κ2) is 46.3. The largest absolute Gasteiger partial charge is 0.483 e.